The smallest absolute Gasteiger partial charge is 0.0465 e. The number of anilines is 6. The minimum atomic E-state index is -0.139. The quantitative estimate of drug-likeness (QED) is 0.0365. The molecule has 2 aliphatic carbocycles. The third-order valence-electron chi connectivity index (χ3n) is 20.1. The van der Waals surface area contributed by atoms with Gasteiger partial charge in [-0.2, -0.15) is 0 Å². The van der Waals surface area contributed by atoms with Gasteiger partial charge in [-0.15, -0.1) is 0 Å². The van der Waals surface area contributed by atoms with Crippen LogP contribution in [-0.2, 0) is 10.8 Å². The maximum absolute atomic E-state index is 3.76. The van der Waals surface area contributed by atoms with Crippen molar-refractivity contribution < 1.29 is 0 Å². The highest BCUT2D eigenvalue weighted by molar-refractivity contribution is 9.10. The van der Waals surface area contributed by atoms with Gasteiger partial charge < -0.3 is 9.80 Å². The van der Waals surface area contributed by atoms with Gasteiger partial charge in [-0.1, -0.05) is 294 Å². The predicted octanol–water partition coefficient (Wildman–Crippen LogP) is 27.2. The van der Waals surface area contributed by atoms with Crippen LogP contribution < -0.4 is 9.80 Å². The lowest BCUT2D eigenvalue weighted by molar-refractivity contribution is 0.398. The molecule has 0 N–H and O–H groups in total. The Kier molecular flexibility index (Phi) is 23.0. The van der Waals surface area contributed by atoms with Crippen LogP contribution in [0.25, 0.3) is 33.4 Å². The molecule has 0 amide bonds. The first-order valence-corrected chi connectivity index (χ1v) is 35.6. The molecule has 2 nitrogen and oxygen atoms in total. The molecular weight excluding hydrogens is 1120 g/mol. The highest BCUT2D eigenvalue weighted by Gasteiger charge is 2.44. The fourth-order valence-corrected chi connectivity index (χ4v) is 15.5. The molecule has 0 spiro atoms. The summed E-state index contributed by atoms with van der Waals surface area (Å²) < 4.78 is 1.09. The van der Waals surface area contributed by atoms with E-state index >= 15 is 0 Å². The highest BCUT2D eigenvalue weighted by Crippen LogP contribution is 2.58. The summed E-state index contributed by atoms with van der Waals surface area (Å²) in [6, 6.07) is 69.0. The van der Waals surface area contributed by atoms with E-state index in [9.17, 15) is 0 Å². The fourth-order valence-electron chi connectivity index (χ4n) is 15.2. The number of hydrogen-bond donors (Lipinski definition) is 0. The summed E-state index contributed by atoms with van der Waals surface area (Å²) in [5.41, 5.74) is 24.2. The highest BCUT2D eigenvalue weighted by atomic mass is 79.9. The fraction of sp³-hybridized carbons (Fsp3) is 0.429. The topological polar surface area (TPSA) is 6.48 Å². The Labute approximate surface area is 535 Å². The number of hydrogen-bond acceptors (Lipinski definition) is 2. The van der Waals surface area contributed by atoms with E-state index in [4.69, 9.17) is 0 Å². The van der Waals surface area contributed by atoms with Crippen LogP contribution >= 0.6 is 15.9 Å². The molecule has 456 valence electrons. The van der Waals surface area contributed by atoms with Gasteiger partial charge in [0.25, 0.3) is 0 Å². The van der Waals surface area contributed by atoms with Crippen molar-refractivity contribution in [3.05, 3.63) is 214 Å². The third-order valence-corrected chi connectivity index (χ3v) is 20.6. The molecule has 87 heavy (non-hydrogen) atoms. The molecule has 0 atom stereocenters. The average Bonchev–Trinajstić information content (AvgIpc) is 2.10. The van der Waals surface area contributed by atoms with Crippen LogP contribution in [0.4, 0.5) is 34.1 Å². The Morgan fingerprint density at radius 3 is 0.989 bits per heavy atom. The molecule has 0 heterocycles. The van der Waals surface area contributed by atoms with Gasteiger partial charge in [0.1, 0.15) is 0 Å². The Morgan fingerprint density at radius 1 is 0.276 bits per heavy atom. The van der Waals surface area contributed by atoms with Gasteiger partial charge in [0.05, 0.1) is 0 Å². The minimum absolute atomic E-state index is 0.0494. The molecule has 8 aromatic carbocycles. The van der Waals surface area contributed by atoms with Gasteiger partial charge in [0, 0.05) is 49.4 Å². The van der Waals surface area contributed by atoms with Gasteiger partial charge >= 0.3 is 0 Å². The molecule has 0 aliphatic heterocycles. The van der Waals surface area contributed by atoms with Crippen molar-refractivity contribution in [2.45, 2.75) is 232 Å². The first-order valence-electron chi connectivity index (χ1n) is 34.9. The summed E-state index contributed by atoms with van der Waals surface area (Å²) in [6.07, 6.45) is 36.1. The van der Waals surface area contributed by atoms with Crippen molar-refractivity contribution in [3.8, 4) is 33.4 Å². The Morgan fingerprint density at radius 2 is 0.575 bits per heavy atom. The monoisotopic (exact) mass is 1220 g/mol. The van der Waals surface area contributed by atoms with Crippen LogP contribution in [-0.4, -0.2) is 0 Å². The van der Waals surface area contributed by atoms with E-state index < -0.39 is 0 Å². The van der Waals surface area contributed by atoms with E-state index in [-0.39, 0.29) is 10.8 Å². The molecule has 0 saturated carbocycles. The Balaban J connectivity index is 1.05. The number of fused-ring (bicyclic) bond motifs is 6. The average molecular weight is 1220 g/mol. The molecular formula is C84H103BrN2. The van der Waals surface area contributed by atoms with Gasteiger partial charge in [0.15, 0.2) is 0 Å². The second kappa shape index (κ2) is 31.3. The van der Waals surface area contributed by atoms with E-state index in [1.165, 1.54) is 257 Å². The number of benzene rings is 8. The zero-order chi connectivity index (χ0) is 60.4. The summed E-state index contributed by atoms with van der Waals surface area (Å²) in [5.74, 6) is 0. The Hall–Kier alpha value is -6.16. The van der Waals surface area contributed by atoms with E-state index in [0.29, 0.717) is 0 Å². The lowest BCUT2D eigenvalue weighted by atomic mass is 9.70. The van der Waals surface area contributed by atoms with Crippen molar-refractivity contribution in [3.63, 3.8) is 0 Å². The summed E-state index contributed by atoms with van der Waals surface area (Å²) in [7, 11) is 0. The van der Waals surface area contributed by atoms with Crippen molar-refractivity contribution in [1.29, 1.82) is 0 Å². The standard InChI is InChI=1S/C84H103BrN2/c1-7-11-15-19-23-29-57-83(58-30-24-20-16-12-8-2)79-34-28-27-33-75(79)76-54-41-67(61-80(76)83)66-39-48-71(49-40-66)86(69-44-35-64(5)36-45-69)73-52-55-77-78-56-53-74(87(70-46-37-65(6)38-47-70)72-50-42-68(85)43-51-72)63-82(78)84(81(77)62-73,59-31-25-21-17-13-9-3)60-32-26-22-18-14-10-4/h27-28,33-56,61-63H,7-26,29-32,57-60H2,1-6H3. The van der Waals surface area contributed by atoms with Crippen LogP contribution in [0, 0.1) is 13.8 Å². The van der Waals surface area contributed by atoms with E-state index in [1.54, 1.807) is 11.1 Å². The van der Waals surface area contributed by atoms with Gasteiger partial charge in [-0.3, -0.25) is 0 Å². The molecule has 0 aromatic heterocycles. The number of nitrogens with zero attached hydrogens (tertiary/aromatic N) is 2. The predicted molar refractivity (Wildman–Crippen MR) is 383 cm³/mol. The number of unbranched alkanes of at least 4 members (excludes halogenated alkanes) is 20. The molecule has 0 bridgehead atoms. The lowest BCUT2D eigenvalue weighted by Gasteiger charge is -2.35. The van der Waals surface area contributed by atoms with Crippen LogP contribution in [0.1, 0.15) is 241 Å². The molecule has 0 fully saturated rings. The maximum atomic E-state index is 3.76. The zero-order valence-corrected chi connectivity index (χ0v) is 55.9. The summed E-state index contributed by atoms with van der Waals surface area (Å²) >= 11 is 3.76. The molecule has 10 rings (SSSR count). The SMILES string of the molecule is CCCCCCCCC1(CCCCCCCC)c2ccccc2-c2ccc(-c3ccc(N(c4ccc(C)cc4)c4ccc5c(c4)C(CCCCCCCC)(CCCCCCCC)c4cc(N(c6ccc(C)cc6)c6ccc(Br)cc6)ccc4-5)cc3)cc21. The number of aryl methyl sites for hydroxylation is 2. The van der Waals surface area contributed by atoms with Gasteiger partial charge in [-0.25, -0.2) is 0 Å². The summed E-state index contributed by atoms with van der Waals surface area (Å²) in [6.45, 7) is 13.7. The molecule has 8 aromatic rings. The minimum Gasteiger partial charge on any atom is -0.310 e. The van der Waals surface area contributed by atoms with Crippen molar-refractivity contribution in [2.75, 3.05) is 9.80 Å². The third kappa shape index (κ3) is 15.0. The lowest BCUT2D eigenvalue weighted by Crippen LogP contribution is -2.26. The van der Waals surface area contributed by atoms with Gasteiger partial charge in [0.2, 0.25) is 0 Å². The van der Waals surface area contributed by atoms with Crippen molar-refractivity contribution >= 4 is 50.1 Å². The molecule has 2 aliphatic rings. The first-order chi connectivity index (χ1) is 42.7. The maximum Gasteiger partial charge on any atom is 0.0465 e. The summed E-state index contributed by atoms with van der Waals surface area (Å²) in [5, 5.41) is 0. The molecule has 0 unspecified atom stereocenters. The number of halogens is 1. The second-order valence-corrected chi connectivity index (χ2v) is 27.3. The van der Waals surface area contributed by atoms with E-state index in [2.05, 4.69) is 243 Å². The number of rotatable bonds is 35. The van der Waals surface area contributed by atoms with Crippen molar-refractivity contribution in [2.24, 2.45) is 0 Å². The Bertz CT molecular complexity index is 3330. The zero-order valence-electron chi connectivity index (χ0n) is 54.3. The van der Waals surface area contributed by atoms with Gasteiger partial charge in [-0.05, 0) is 186 Å². The first kappa shape index (κ1) is 63.8. The second-order valence-electron chi connectivity index (χ2n) is 26.4. The van der Waals surface area contributed by atoms with E-state index in [1.807, 2.05) is 0 Å². The van der Waals surface area contributed by atoms with Crippen LogP contribution in [0.2, 0.25) is 0 Å². The summed E-state index contributed by atoms with van der Waals surface area (Å²) in [4.78, 5) is 5.03. The van der Waals surface area contributed by atoms with Crippen LogP contribution in [0.3, 0.4) is 0 Å². The molecule has 0 saturated heterocycles. The largest absolute Gasteiger partial charge is 0.310 e. The molecule has 3 heteroatoms. The van der Waals surface area contributed by atoms with Crippen LogP contribution in [0.5, 0.6) is 0 Å². The molecule has 0 radical (unpaired) electrons. The van der Waals surface area contributed by atoms with Crippen molar-refractivity contribution in [1.82, 2.24) is 0 Å². The van der Waals surface area contributed by atoms with E-state index in [0.717, 1.165) is 17.3 Å². The van der Waals surface area contributed by atoms with Crippen LogP contribution in [0.15, 0.2) is 180 Å². The normalized spacial score (nSPS) is 13.3.